The number of piperidine rings is 1. The molecule has 7 nitrogen and oxygen atoms in total. The molecule has 2 fully saturated rings. The molecule has 1 aliphatic heterocycles. The van der Waals surface area contributed by atoms with Crippen molar-refractivity contribution >= 4 is 11.6 Å². The van der Waals surface area contributed by atoms with Gasteiger partial charge in [0.1, 0.15) is 0 Å². The number of guanidine groups is 1. The van der Waals surface area contributed by atoms with Gasteiger partial charge in [0.15, 0.2) is 5.96 Å². The van der Waals surface area contributed by atoms with Gasteiger partial charge >= 0.3 is 0 Å². The number of aliphatic imine (C=N–C) groups is 1. The van der Waals surface area contributed by atoms with Gasteiger partial charge in [-0.05, 0) is 31.2 Å². The van der Waals surface area contributed by atoms with Gasteiger partial charge in [-0.25, -0.2) is 0 Å². The summed E-state index contributed by atoms with van der Waals surface area (Å²) < 4.78 is 0. The molecule has 0 atom stereocenters. The Morgan fingerprint density at radius 2 is 2.00 bits per heavy atom. The molecule has 0 unspecified atom stereocenters. The molecular weight excluding hydrogens is 330 g/mol. The van der Waals surface area contributed by atoms with Crippen LogP contribution in [0.15, 0.2) is 29.3 Å². The third-order valence-electron chi connectivity index (χ3n) is 5.52. The average Bonchev–Trinajstić information content (AvgIpc) is 3.20. The van der Waals surface area contributed by atoms with Crippen LogP contribution in [-0.2, 0) is 6.54 Å². The highest BCUT2D eigenvalue weighted by Crippen LogP contribution is 2.26. The molecule has 2 aliphatic rings. The predicted molar refractivity (Wildman–Crippen MR) is 103 cm³/mol. The molecule has 1 aromatic rings. The van der Waals surface area contributed by atoms with E-state index in [1.165, 1.54) is 31.7 Å². The van der Waals surface area contributed by atoms with Crippen molar-refractivity contribution in [2.45, 2.75) is 57.2 Å². The Labute approximate surface area is 155 Å². The van der Waals surface area contributed by atoms with Gasteiger partial charge in [-0.1, -0.05) is 25.0 Å². The lowest BCUT2D eigenvalue weighted by Gasteiger charge is -2.36. The van der Waals surface area contributed by atoms with Gasteiger partial charge in [0.2, 0.25) is 0 Å². The quantitative estimate of drug-likeness (QED) is 0.365. The second kappa shape index (κ2) is 8.98. The average molecular weight is 359 g/mol. The predicted octanol–water partition coefficient (Wildman–Crippen LogP) is 2.67. The zero-order valence-corrected chi connectivity index (χ0v) is 15.5. The first kappa shape index (κ1) is 18.6. The molecule has 1 heterocycles. The summed E-state index contributed by atoms with van der Waals surface area (Å²) in [7, 11) is 1.76. The van der Waals surface area contributed by atoms with Crippen molar-refractivity contribution in [3.63, 3.8) is 0 Å². The fourth-order valence-electron chi connectivity index (χ4n) is 4.03. The monoisotopic (exact) mass is 359 g/mol. The zero-order chi connectivity index (χ0) is 18.4. The number of nitrogens with one attached hydrogen (secondary N) is 2. The maximum absolute atomic E-state index is 10.9. The second-order valence-corrected chi connectivity index (χ2v) is 7.25. The maximum atomic E-state index is 10.9. The number of benzene rings is 1. The first-order valence-corrected chi connectivity index (χ1v) is 9.60. The molecule has 0 aromatic heterocycles. The van der Waals surface area contributed by atoms with Crippen LogP contribution in [0.2, 0.25) is 0 Å². The first-order chi connectivity index (χ1) is 12.7. The van der Waals surface area contributed by atoms with Crippen molar-refractivity contribution < 1.29 is 4.92 Å². The Balaban J connectivity index is 1.45. The summed E-state index contributed by atoms with van der Waals surface area (Å²) in [5.74, 6) is 0.760. The van der Waals surface area contributed by atoms with Crippen molar-refractivity contribution in [3.8, 4) is 0 Å². The van der Waals surface area contributed by atoms with Crippen molar-refractivity contribution in [2.75, 3.05) is 20.1 Å². The van der Waals surface area contributed by atoms with Gasteiger partial charge < -0.3 is 15.5 Å². The van der Waals surface area contributed by atoms with Gasteiger partial charge in [0.05, 0.1) is 4.92 Å². The van der Waals surface area contributed by atoms with E-state index in [1.807, 2.05) is 6.07 Å². The largest absolute Gasteiger partial charge is 0.354 e. The third kappa shape index (κ3) is 4.94. The normalized spacial score (nSPS) is 20.3. The van der Waals surface area contributed by atoms with E-state index in [0.717, 1.165) is 43.5 Å². The Bertz CT molecular complexity index is 635. The smallest absolute Gasteiger partial charge is 0.269 e. The molecular formula is C19H29N5O2. The first-order valence-electron chi connectivity index (χ1n) is 9.60. The molecule has 7 heteroatoms. The Morgan fingerprint density at radius 3 is 2.65 bits per heavy atom. The molecule has 1 saturated carbocycles. The Morgan fingerprint density at radius 1 is 1.27 bits per heavy atom. The molecule has 0 amide bonds. The number of nitrogens with zero attached hydrogens (tertiary/aromatic N) is 3. The topological polar surface area (TPSA) is 82.8 Å². The summed E-state index contributed by atoms with van der Waals surface area (Å²) in [5, 5.41) is 17.6. The third-order valence-corrected chi connectivity index (χ3v) is 5.52. The van der Waals surface area contributed by atoms with Crippen molar-refractivity contribution in [3.05, 3.63) is 39.9 Å². The summed E-state index contributed by atoms with van der Waals surface area (Å²) in [6, 6.07) is 7.94. The van der Waals surface area contributed by atoms with E-state index >= 15 is 0 Å². The van der Waals surface area contributed by atoms with Crippen molar-refractivity contribution in [1.82, 2.24) is 15.5 Å². The minimum atomic E-state index is -0.366. The van der Waals surface area contributed by atoms with Crippen LogP contribution in [0.1, 0.15) is 44.1 Å². The van der Waals surface area contributed by atoms with Crippen molar-refractivity contribution in [1.29, 1.82) is 0 Å². The molecule has 142 valence electrons. The Kier molecular flexibility index (Phi) is 6.44. The SMILES string of the molecule is CN=C(NCc1cccc([N+](=O)[O-])c1)NC1CCN(C2CCCC2)CC1. The number of non-ortho nitro benzene ring substituents is 1. The fraction of sp³-hybridized carbons (Fsp3) is 0.632. The molecule has 1 saturated heterocycles. The van der Waals surface area contributed by atoms with Crippen LogP contribution in [0.3, 0.4) is 0 Å². The summed E-state index contributed by atoms with van der Waals surface area (Å²) in [6.07, 6.45) is 7.77. The lowest BCUT2D eigenvalue weighted by Crippen LogP contribution is -2.50. The molecule has 1 aliphatic carbocycles. The van der Waals surface area contributed by atoms with E-state index in [1.54, 1.807) is 19.2 Å². The van der Waals surface area contributed by atoms with Crippen LogP contribution in [0.5, 0.6) is 0 Å². The highest BCUT2D eigenvalue weighted by Gasteiger charge is 2.27. The van der Waals surface area contributed by atoms with Crippen LogP contribution < -0.4 is 10.6 Å². The maximum Gasteiger partial charge on any atom is 0.269 e. The van der Waals surface area contributed by atoms with Gasteiger partial charge in [-0.15, -0.1) is 0 Å². The number of hydrogen-bond donors (Lipinski definition) is 2. The van der Waals surface area contributed by atoms with Crippen LogP contribution in [-0.4, -0.2) is 48.0 Å². The number of likely N-dealkylation sites (tertiary alicyclic amines) is 1. The summed E-state index contributed by atoms with van der Waals surface area (Å²) >= 11 is 0. The molecule has 0 radical (unpaired) electrons. The minimum absolute atomic E-state index is 0.117. The van der Waals surface area contributed by atoms with Crippen LogP contribution in [0.4, 0.5) is 5.69 Å². The molecule has 3 rings (SSSR count). The highest BCUT2D eigenvalue weighted by atomic mass is 16.6. The summed E-state index contributed by atoms with van der Waals surface area (Å²) in [5.41, 5.74) is 0.990. The molecule has 26 heavy (non-hydrogen) atoms. The van der Waals surface area contributed by atoms with Crippen LogP contribution >= 0.6 is 0 Å². The molecule has 1 aromatic carbocycles. The standard InChI is InChI=1S/C19H29N5O2/c1-20-19(21-14-15-5-4-8-18(13-15)24(25)26)22-16-9-11-23(12-10-16)17-6-2-3-7-17/h4-5,8,13,16-17H,2-3,6-7,9-12,14H2,1H3,(H2,20,21,22). The lowest BCUT2D eigenvalue weighted by molar-refractivity contribution is -0.384. The number of rotatable bonds is 5. The fourth-order valence-corrected chi connectivity index (χ4v) is 4.03. The zero-order valence-electron chi connectivity index (χ0n) is 15.5. The van der Waals surface area contributed by atoms with E-state index in [0.29, 0.717) is 12.6 Å². The lowest BCUT2D eigenvalue weighted by atomic mass is 10.0. The van der Waals surface area contributed by atoms with E-state index in [-0.39, 0.29) is 10.6 Å². The van der Waals surface area contributed by atoms with E-state index in [4.69, 9.17) is 0 Å². The van der Waals surface area contributed by atoms with Gasteiger partial charge in [-0.2, -0.15) is 0 Å². The molecule has 0 bridgehead atoms. The van der Waals surface area contributed by atoms with Gasteiger partial charge in [0.25, 0.3) is 5.69 Å². The van der Waals surface area contributed by atoms with E-state index in [9.17, 15) is 10.1 Å². The number of nitro benzene ring substituents is 1. The van der Waals surface area contributed by atoms with Gasteiger partial charge in [-0.3, -0.25) is 15.1 Å². The molecule has 0 spiro atoms. The van der Waals surface area contributed by atoms with Crippen LogP contribution in [0.25, 0.3) is 0 Å². The van der Waals surface area contributed by atoms with Gasteiger partial charge in [0, 0.05) is 50.9 Å². The summed E-state index contributed by atoms with van der Waals surface area (Å²) in [4.78, 5) is 17.5. The molecule has 2 N–H and O–H groups in total. The highest BCUT2D eigenvalue weighted by molar-refractivity contribution is 5.80. The number of hydrogen-bond acceptors (Lipinski definition) is 4. The summed E-state index contributed by atoms with van der Waals surface area (Å²) in [6.45, 7) is 2.83. The Hall–Kier alpha value is -2.15. The van der Waals surface area contributed by atoms with Crippen molar-refractivity contribution in [2.24, 2.45) is 4.99 Å². The number of nitro groups is 1. The van der Waals surface area contributed by atoms with E-state index < -0.39 is 0 Å². The van der Waals surface area contributed by atoms with E-state index in [2.05, 4.69) is 20.5 Å². The minimum Gasteiger partial charge on any atom is -0.354 e. The second-order valence-electron chi connectivity index (χ2n) is 7.25. The van der Waals surface area contributed by atoms with Crippen LogP contribution in [0, 0.1) is 10.1 Å².